The fourth-order valence-corrected chi connectivity index (χ4v) is 4.92. The minimum Gasteiger partial charge on any atom is -0.474 e. The number of ether oxygens (including phenoxy) is 1. The molecule has 1 fully saturated rings. The Morgan fingerprint density at radius 3 is 2.41 bits per heavy atom. The van der Waals surface area contributed by atoms with Crippen molar-refractivity contribution in [1.29, 1.82) is 0 Å². The van der Waals surface area contributed by atoms with Gasteiger partial charge in [0.25, 0.3) is 0 Å². The summed E-state index contributed by atoms with van der Waals surface area (Å²) in [6, 6.07) is 11.8. The SMILES string of the molecule is CN(C(=O)C1CCC(Oc2ccc(-c3ccc(-c4nc5ccc(F)cc5[nH]4)cn3)cn2)CC1)S(C)(=O)=O. The molecule has 5 rings (SSSR count). The molecule has 0 spiro atoms. The fourth-order valence-electron chi connectivity index (χ4n) is 4.44. The number of hydrogen-bond acceptors (Lipinski definition) is 7. The van der Waals surface area contributed by atoms with Crippen molar-refractivity contribution in [3.63, 3.8) is 0 Å². The molecule has 0 aliphatic heterocycles. The molecule has 37 heavy (non-hydrogen) atoms. The summed E-state index contributed by atoms with van der Waals surface area (Å²) in [7, 11) is -2.24. The smallest absolute Gasteiger partial charge is 0.238 e. The van der Waals surface area contributed by atoms with Crippen LogP contribution in [0.5, 0.6) is 5.88 Å². The third-order valence-electron chi connectivity index (χ3n) is 6.63. The third-order valence-corrected chi connectivity index (χ3v) is 7.81. The van der Waals surface area contributed by atoms with Crippen LogP contribution in [0.15, 0.2) is 54.9 Å². The van der Waals surface area contributed by atoms with E-state index >= 15 is 0 Å². The van der Waals surface area contributed by atoms with Crippen molar-refractivity contribution in [3.05, 3.63) is 60.7 Å². The lowest BCUT2D eigenvalue weighted by atomic mass is 9.87. The van der Waals surface area contributed by atoms with E-state index in [9.17, 15) is 17.6 Å². The molecule has 1 saturated carbocycles. The predicted molar refractivity (Wildman–Crippen MR) is 137 cm³/mol. The number of imidazole rings is 1. The second-order valence-electron chi connectivity index (χ2n) is 9.22. The van der Waals surface area contributed by atoms with Gasteiger partial charge < -0.3 is 9.72 Å². The molecule has 1 aliphatic rings. The van der Waals surface area contributed by atoms with E-state index < -0.39 is 10.0 Å². The molecule has 1 aliphatic carbocycles. The van der Waals surface area contributed by atoms with Crippen LogP contribution in [0.25, 0.3) is 33.7 Å². The van der Waals surface area contributed by atoms with Gasteiger partial charge >= 0.3 is 0 Å². The lowest BCUT2D eigenvalue weighted by Gasteiger charge is -2.29. The van der Waals surface area contributed by atoms with E-state index in [0.29, 0.717) is 48.4 Å². The largest absolute Gasteiger partial charge is 0.474 e. The topological polar surface area (TPSA) is 118 Å². The first-order valence-electron chi connectivity index (χ1n) is 11.9. The third kappa shape index (κ3) is 5.46. The molecule has 192 valence electrons. The van der Waals surface area contributed by atoms with E-state index in [0.717, 1.165) is 27.4 Å². The van der Waals surface area contributed by atoms with Crippen LogP contribution in [-0.2, 0) is 14.8 Å². The molecule has 0 saturated heterocycles. The van der Waals surface area contributed by atoms with Crippen molar-refractivity contribution in [2.75, 3.05) is 13.3 Å². The molecule has 1 N–H and O–H groups in total. The Hall–Kier alpha value is -3.86. The molecular formula is C26H26FN5O4S. The summed E-state index contributed by atoms with van der Waals surface area (Å²) >= 11 is 0. The van der Waals surface area contributed by atoms with Gasteiger partial charge in [0.1, 0.15) is 17.7 Å². The number of rotatable bonds is 6. The summed E-state index contributed by atoms with van der Waals surface area (Å²) in [6.45, 7) is 0. The maximum absolute atomic E-state index is 13.4. The molecule has 1 aromatic carbocycles. The summed E-state index contributed by atoms with van der Waals surface area (Å²) < 4.78 is 43.5. The van der Waals surface area contributed by atoms with Gasteiger partial charge in [-0.05, 0) is 62.1 Å². The Morgan fingerprint density at radius 2 is 1.76 bits per heavy atom. The Labute approximate surface area is 213 Å². The van der Waals surface area contributed by atoms with Crippen LogP contribution in [0.3, 0.4) is 0 Å². The fraction of sp³-hybridized carbons (Fsp3) is 0.308. The molecule has 11 heteroatoms. The Balaban J connectivity index is 1.19. The lowest BCUT2D eigenvalue weighted by Crippen LogP contribution is -2.39. The van der Waals surface area contributed by atoms with Gasteiger partial charge in [-0.25, -0.2) is 27.1 Å². The molecule has 1 amide bonds. The number of sulfonamides is 1. The van der Waals surface area contributed by atoms with E-state index in [1.807, 2.05) is 18.2 Å². The summed E-state index contributed by atoms with van der Waals surface area (Å²) in [5.74, 6) is 0.0935. The molecule has 9 nitrogen and oxygen atoms in total. The summed E-state index contributed by atoms with van der Waals surface area (Å²) in [4.78, 5) is 28.9. The zero-order valence-corrected chi connectivity index (χ0v) is 21.2. The number of aromatic nitrogens is 4. The number of pyridine rings is 2. The van der Waals surface area contributed by atoms with E-state index in [1.165, 1.54) is 19.2 Å². The lowest BCUT2D eigenvalue weighted by molar-refractivity contribution is -0.131. The zero-order chi connectivity index (χ0) is 26.2. The van der Waals surface area contributed by atoms with Crippen molar-refractivity contribution in [2.45, 2.75) is 31.8 Å². The number of aromatic amines is 1. The highest BCUT2D eigenvalue weighted by Gasteiger charge is 2.32. The number of halogens is 1. The average molecular weight is 524 g/mol. The van der Waals surface area contributed by atoms with Gasteiger partial charge in [-0.1, -0.05) is 0 Å². The van der Waals surface area contributed by atoms with Crippen molar-refractivity contribution >= 4 is 27.0 Å². The normalized spacial score (nSPS) is 18.0. The first kappa shape index (κ1) is 24.8. The highest BCUT2D eigenvalue weighted by atomic mass is 32.2. The van der Waals surface area contributed by atoms with Gasteiger partial charge in [-0.3, -0.25) is 9.78 Å². The number of H-pyrrole nitrogens is 1. The number of carbonyl (C=O) groups excluding carboxylic acids is 1. The summed E-state index contributed by atoms with van der Waals surface area (Å²) in [5.41, 5.74) is 3.65. The molecular weight excluding hydrogens is 497 g/mol. The number of hydrogen-bond donors (Lipinski definition) is 1. The maximum atomic E-state index is 13.4. The quantitative estimate of drug-likeness (QED) is 0.403. The molecule has 0 atom stereocenters. The zero-order valence-electron chi connectivity index (χ0n) is 20.4. The van der Waals surface area contributed by atoms with E-state index in [1.54, 1.807) is 24.5 Å². The number of benzene rings is 1. The van der Waals surface area contributed by atoms with Gasteiger partial charge in [0.15, 0.2) is 0 Å². The van der Waals surface area contributed by atoms with Crippen molar-refractivity contribution < 1.29 is 22.3 Å². The van der Waals surface area contributed by atoms with Gasteiger partial charge in [0.05, 0.1) is 23.0 Å². The van der Waals surface area contributed by atoms with Crippen molar-refractivity contribution in [3.8, 4) is 28.5 Å². The van der Waals surface area contributed by atoms with Crippen molar-refractivity contribution in [2.24, 2.45) is 5.92 Å². The van der Waals surface area contributed by atoms with Gasteiger partial charge in [0, 0.05) is 42.6 Å². The van der Waals surface area contributed by atoms with E-state index in [-0.39, 0.29) is 23.7 Å². The standard InChI is InChI=1S/C26H26FN5O4S/c1-32(37(2,34)35)26(33)16-3-8-20(9-4-16)36-24-12-6-17(14-29-24)21-10-5-18(15-28-21)25-30-22-11-7-19(27)13-23(22)31-25/h5-7,10-16,20H,3-4,8-9H2,1-2H3,(H,30,31). The molecule has 0 radical (unpaired) electrons. The summed E-state index contributed by atoms with van der Waals surface area (Å²) in [5, 5.41) is 0. The Bertz CT molecular complexity index is 1530. The average Bonchev–Trinajstić information content (AvgIpc) is 3.31. The number of amides is 1. The number of nitrogens with zero attached hydrogens (tertiary/aromatic N) is 4. The second kappa shape index (κ2) is 9.89. The van der Waals surface area contributed by atoms with Crippen LogP contribution in [0.1, 0.15) is 25.7 Å². The van der Waals surface area contributed by atoms with Gasteiger partial charge in [-0.2, -0.15) is 0 Å². The number of fused-ring (bicyclic) bond motifs is 1. The highest BCUT2D eigenvalue weighted by Crippen LogP contribution is 2.29. The summed E-state index contributed by atoms with van der Waals surface area (Å²) in [6.07, 6.45) is 6.77. The first-order chi connectivity index (χ1) is 17.7. The molecule has 0 bridgehead atoms. The highest BCUT2D eigenvalue weighted by molar-refractivity contribution is 7.88. The van der Waals surface area contributed by atoms with Gasteiger partial charge in [-0.15, -0.1) is 0 Å². The first-order valence-corrected chi connectivity index (χ1v) is 13.7. The van der Waals surface area contributed by atoms with Crippen LogP contribution >= 0.6 is 0 Å². The molecule has 4 aromatic rings. The predicted octanol–water partition coefficient (Wildman–Crippen LogP) is 4.18. The molecule has 0 unspecified atom stereocenters. The second-order valence-corrected chi connectivity index (χ2v) is 11.2. The van der Waals surface area contributed by atoms with Gasteiger partial charge in [0.2, 0.25) is 21.8 Å². The maximum Gasteiger partial charge on any atom is 0.238 e. The minimum absolute atomic E-state index is 0.0827. The van der Waals surface area contributed by atoms with Crippen LogP contribution in [0, 0.1) is 11.7 Å². The Morgan fingerprint density at radius 1 is 1.03 bits per heavy atom. The Kier molecular flexibility index (Phi) is 6.63. The van der Waals surface area contributed by atoms with Crippen LogP contribution in [-0.4, -0.2) is 58.0 Å². The van der Waals surface area contributed by atoms with E-state index in [4.69, 9.17) is 4.74 Å². The monoisotopic (exact) mass is 523 g/mol. The van der Waals surface area contributed by atoms with E-state index in [2.05, 4.69) is 19.9 Å². The van der Waals surface area contributed by atoms with Crippen LogP contribution in [0.4, 0.5) is 4.39 Å². The molecule has 3 heterocycles. The van der Waals surface area contributed by atoms with Crippen molar-refractivity contribution in [1.82, 2.24) is 24.2 Å². The number of carbonyl (C=O) groups is 1. The molecule has 3 aromatic heterocycles. The number of nitrogens with one attached hydrogen (secondary N) is 1. The van der Waals surface area contributed by atoms with Crippen LogP contribution in [0.2, 0.25) is 0 Å². The van der Waals surface area contributed by atoms with Crippen LogP contribution < -0.4 is 4.74 Å². The minimum atomic E-state index is -3.54.